The van der Waals surface area contributed by atoms with E-state index in [-0.39, 0.29) is 43.4 Å². The van der Waals surface area contributed by atoms with Crippen LogP contribution in [0.25, 0.3) is 0 Å². The van der Waals surface area contributed by atoms with E-state index in [9.17, 15) is 40.4 Å². The Bertz CT molecular complexity index is 1370. The molecule has 1 aliphatic carbocycles. The van der Waals surface area contributed by atoms with Crippen LogP contribution in [-0.4, -0.2) is 92.9 Å². The molecule has 3 aliphatic rings. The first-order chi connectivity index (χ1) is 18.5. The molecular weight excluding hydrogens is 556 g/mol. The standard InChI is InChI=1S/C26H30F4N4O5S/c1-16(31-22(35)20-14-17(26(28,29)30)4-9-21(20)27)23(36)33-12-10-25(11-13-33)24(37)32(2)15-34(25)18-5-7-19(8-6-18)40(3,38)39/h4-8,14,16,21H,9-13,15H2,1-3H3,(H,31,35). The number of rotatable bonds is 5. The number of halogens is 4. The molecule has 9 nitrogen and oxygen atoms in total. The van der Waals surface area contributed by atoms with Crippen molar-refractivity contribution in [1.29, 1.82) is 0 Å². The number of piperidine rings is 1. The van der Waals surface area contributed by atoms with Crippen LogP contribution in [-0.2, 0) is 24.2 Å². The summed E-state index contributed by atoms with van der Waals surface area (Å²) >= 11 is 0. The van der Waals surface area contributed by atoms with Gasteiger partial charge >= 0.3 is 6.18 Å². The second kappa shape index (κ2) is 10.5. The monoisotopic (exact) mass is 586 g/mol. The average molecular weight is 587 g/mol. The molecule has 0 bridgehead atoms. The van der Waals surface area contributed by atoms with E-state index in [1.165, 1.54) is 24.0 Å². The number of hydrogen-bond donors (Lipinski definition) is 1. The molecule has 3 amide bonds. The van der Waals surface area contributed by atoms with E-state index >= 15 is 0 Å². The number of allylic oxidation sites excluding steroid dienone is 3. The maximum atomic E-state index is 14.3. The molecule has 40 heavy (non-hydrogen) atoms. The van der Waals surface area contributed by atoms with Gasteiger partial charge in [-0.05, 0) is 50.1 Å². The van der Waals surface area contributed by atoms with E-state index < -0.39 is 63.1 Å². The first-order valence-electron chi connectivity index (χ1n) is 12.6. The van der Waals surface area contributed by atoms with E-state index in [1.54, 1.807) is 24.1 Å². The van der Waals surface area contributed by atoms with E-state index in [1.807, 2.05) is 4.90 Å². The average Bonchev–Trinajstić information content (AvgIpc) is 3.12. The molecule has 1 aromatic rings. The third-order valence-corrected chi connectivity index (χ3v) is 8.72. The first-order valence-corrected chi connectivity index (χ1v) is 14.5. The molecule has 218 valence electrons. The zero-order valence-corrected chi connectivity index (χ0v) is 23.0. The SMILES string of the molecule is CC(NC(=O)C1=CC(C(F)(F)F)=CCC1F)C(=O)N1CCC2(CC1)C(=O)N(C)CN2c1ccc(S(C)(=O)=O)cc1. The van der Waals surface area contributed by atoms with Crippen molar-refractivity contribution in [1.82, 2.24) is 15.1 Å². The Morgan fingerprint density at radius 2 is 1.73 bits per heavy atom. The van der Waals surface area contributed by atoms with Gasteiger partial charge in [-0.1, -0.05) is 6.08 Å². The summed E-state index contributed by atoms with van der Waals surface area (Å²) in [6.07, 6.45) is -4.48. The molecule has 1 aromatic carbocycles. The van der Waals surface area contributed by atoms with Gasteiger partial charge in [-0.25, -0.2) is 12.8 Å². The van der Waals surface area contributed by atoms with Crippen LogP contribution in [0.5, 0.6) is 0 Å². The summed E-state index contributed by atoms with van der Waals surface area (Å²) in [6.45, 7) is 1.95. The lowest BCUT2D eigenvalue weighted by Crippen LogP contribution is -2.59. The van der Waals surface area contributed by atoms with Crippen LogP contribution >= 0.6 is 0 Å². The number of nitrogens with zero attached hydrogens (tertiary/aromatic N) is 3. The van der Waals surface area contributed by atoms with Crippen LogP contribution in [0, 0.1) is 0 Å². The van der Waals surface area contributed by atoms with Crippen molar-refractivity contribution < 1.29 is 40.4 Å². The van der Waals surface area contributed by atoms with Crippen LogP contribution in [0.1, 0.15) is 26.2 Å². The third-order valence-electron chi connectivity index (χ3n) is 7.59. The van der Waals surface area contributed by atoms with Gasteiger partial charge in [-0.2, -0.15) is 13.2 Å². The van der Waals surface area contributed by atoms with Gasteiger partial charge in [0.1, 0.15) is 17.8 Å². The molecule has 1 N–H and O–H groups in total. The van der Waals surface area contributed by atoms with E-state index in [4.69, 9.17) is 0 Å². The zero-order valence-electron chi connectivity index (χ0n) is 22.2. The molecular formula is C26H30F4N4O5S. The molecule has 0 aromatic heterocycles. The van der Waals surface area contributed by atoms with Crippen molar-refractivity contribution in [2.75, 3.05) is 38.0 Å². The zero-order chi connectivity index (χ0) is 29.6. The van der Waals surface area contributed by atoms with Crippen LogP contribution in [0.2, 0.25) is 0 Å². The molecule has 2 aliphatic heterocycles. The van der Waals surface area contributed by atoms with Crippen molar-refractivity contribution in [3.8, 4) is 0 Å². The van der Waals surface area contributed by atoms with Gasteiger partial charge in [0, 0.05) is 38.5 Å². The van der Waals surface area contributed by atoms with Crippen molar-refractivity contribution in [3.63, 3.8) is 0 Å². The number of likely N-dealkylation sites (N-methyl/N-ethyl adjacent to an activating group) is 1. The van der Waals surface area contributed by atoms with Gasteiger partial charge in [-0.3, -0.25) is 14.4 Å². The van der Waals surface area contributed by atoms with Gasteiger partial charge in [0.15, 0.2) is 9.84 Å². The van der Waals surface area contributed by atoms with Crippen molar-refractivity contribution in [2.24, 2.45) is 0 Å². The number of carbonyl (C=O) groups is 3. The highest BCUT2D eigenvalue weighted by Gasteiger charge is 2.53. The maximum Gasteiger partial charge on any atom is 0.416 e. The number of nitrogens with one attached hydrogen (secondary N) is 1. The Morgan fingerprint density at radius 1 is 1.12 bits per heavy atom. The number of benzene rings is 1. The topological polar surface area (TPSA) is 107 Å². The minimum Gasteiger partial charge on any atom is -0.341 e. The lowest BCUT2D eigenvalue weighted by atomic mass is 9.85. The third kappa shape index (κ3) is 5.58. The molecule has 1 spiro atoms. The highest BCUT2D eigenvalue weighted by molar-refractivity contribution is 7.90. The van der Waals surface area contributed by atoms with E-state index in [0.717, 1.165) is 6.26 Å². The van der Waals surface area contributed by atoms with Crippen molar-refractivity contribution in [2.45, 2.75) is 55.0 Å². The van der Waals surface area contributed by atoms with Crippen LogP contribution in [0.4, 0.5) is 23.2 Å². The quantitative estimate of drug-likeness (QED) is 0.531. The largest absolute Gasteiger partial charge is 0.416 e. The normalized spacial score (nSPS) is 22.2. The number of amides is 3. The van der Waals surface area contributed by atoms with Crippen molar-refractivity contribution >= 4 is 33.2 Å². The summed E-state index contributed by atoms with van der Waals surface area (Å²) in [7, 11) is -1.74. The Balaban J connectivity index is 1.44. The number of likely N-dealkylation sites (tertiary alicyclic amines) is 1. The fraction of sp³-hybridized carbons (Fsp3) is 0.500. The van der Waals surface area contributed by atoms with Gasteiger partial charge in [0.05, 0.1) is 22.7 Å². The first kappa shape index (κ1) is 29.6. The molecule has 0 radical (unpaired) electrons. The summed E-state index contributed by atoms with van der Waals surface area (Å²) in [5.74, 6) is -1.74. The Morgan fingerprint density at radius 3 is 2.27 bits per heavy atom. The van der Waals surface area contributed by atoms with Crippen LogP contribution < -0.4 is 10.2 Å². The number of hydrogen-bond acceptors (Lipinski definition) is 6. The van der Waals surface area contributed by atoms with Gasteiger partial charge in [0.2, 0.25) is 11.8 Å². The summed E-state index contributed by atoms with van der Waals surface area (Å²) in [5.41, 5.74) is -2.11. The minimum absolute atomic E-state index is 0.139. The summed E-state index contributed by atoms with van der Waals surface area (Å²) in [5, 5.41) is 2.31. The fourth-order valence-corrected chi connectivity index (χ4v) is 5.99. The van der Waals surface area contributed by atoms with Gasteiger partial charge in [0.25, 0.3) is 5.91 Å². The highest BCUT2D eigenvalue weighted by Crippen LogP contribution is 2.39. The number of sulfone groups is 1. The number of carbonyl (C=O) groups excluding carboxylic acids is 3. The summed E-state index contributed by atoms with van der Waals surface area (Å²) < 4.78 is 77.0. The van der Waals surface area contributed by atoms with Crippen molar-refractivity contribution in [3.05, 3.63) is 47.6 Å². The van der Waals surface area contributed by atoms with E-state index in [0.29, 0.717) is 17.8 Å². The molecule has 2 heterocycles. The van der Waals surface area contributed by atoms with Crippen LogP contribution in [0.15, 0.2) is 52.5 Å². The Labute approximate surface area is 229 Å². The number of anilines is 1. The molecule has 2 saturated heterocycles. The molecule has 2 atom stereocenters. The second-order valence-electron chi connectivity index (χ2n) is 10.4. The summed E-state index contributed by atoms with van der Waals surface area (Å²) in [6, 6.07) is 5.08. The fourth-order valence-electron chi connectivity index (χ4n) is 5.36. The maximum absolute atomic E-state index is 14.3. The molecule has 2 unspecified atom stereocenters. The molecule has 2 fully saturated rings. The predicted molar refractivity (Wildman–Crippen MR) is 138 cm³/mol. The number of alkyl halides is 4. The highest BCUT2D eigenvalue weighted by atomic mass is 32.2. The lowest BCUT2D eigenvalue weighted by Gasteiger charge is -2.43. The van der Waals surface area contributed by atoms with Gasteiger partial charge < -0.3 is 20.0 Å². The Kier molecular flexibility index (Phi) is 7.78. The molecule has 14 heteroatoms. The second-order valence-corrected chi connectivity index (χ2v) is 12.4. The predicted octanol–water partition coefficient (Wildman–Crippen LogP) is 2.35. The molecule has 4 rings (SSSR count). The van der Waals surface area contributed by atoms with E-state index in [2.05, 4.69) is 5.32 Å². The van der Waals surface area contributed by atoms with Gasteiger partial charge in [-0.15, -0.1) is 0 Å². The summed E-state index contributed by atoms with van der Waals surface area (Å²) in [4.78, 5) is 44.0. The van der Waals surface area contributed by atoms with Crippen LogP contribution in [0.3, 0.4) is 0 Å². The smallest absolute Gasteiger partial charge is 0.341 e. The Hall–Kier alpha value is -3.42. The minimum atomic E-state index is -4.73. The molecule has 0 saturated carbocycles. The lowest BCUT2D eigenvalue weighted by molar-refractivity contribution is -0.139.